The van der Waals surface area contributed by atoms with Gasteiger partial charge in [-0.15, -0.1) is 0 Å². The van der Waals surface area contributed by atoms with E-state index in [1.54, 1.807) is 36.4 Å². The molecule has 1 amide bonds. The molecule has 8 nitrogen and oxygen atoms in total. The summed E-state index contributed by atoms with van der Waals surface area (Å²) < 4.78 is 5.32. The second-order valence-corrected chi connectivity index (χ2v) is 6.22. The van der Waals surface area contributed by atoms with E-state index in [1.807, 2.05) is 0 Å². The van der Waals surface area contributed by atoms with Crippen LogP contribution in [0.15, 0.2) is 72.8 Å². The Morgan fingerprint density at radius 2 is 1.71 bits per heavy atom. The van der Waals surface area contributed by atoms with Gasteiger partial charge in [0.2, 0.25) is 0 Å². The number of nitrogens with zero attached hydrogens (tertiary/aromatic N) is 1. The van der Waals surface area contributed by atoms with E-state index in [-0.39, 0.29) is 23.6 Å². The van der Waals surface area contributed by atoms with Gasteiger partial charge in [-0.25, -0.2) is 4.79 Å². The van der Waals surface area contributed by atoms with Crippen molar-refractivity contribution in [1.29, 1.82) is 0 Å². The van der Waals surface area contributed by atoms with Crippen molar-refractivity contribution in [2.75, 3.05) is 11.9 Å². The summed E-state index contributed by atoms with van der Waals surface area (Å²) >= 11 is 0. The van der Waals surface area contributed by atoms with Gasteiger partial charge in [-0.1, -0.05) is 24.0 Å². The number of aliphatic hydroxyl groups is 1. The zero-order chi connectivity index (χ0) is 22.2. The zero-order valence-corrected chi connectivity index (χ0v) is 16.1. The van der Waals surface area contributed by atoms with E-state index in [1.165, 1.54) is 36.4 Å². The number of amides is 1. The van der Waals surface area contributed by atoms with Gasteiger partial charge in [0, 0.05) is 28.9 Å². The number of nitro benzene ring substituents is 1. The summed E-state index contributed by atoms with van der Waals surface area (Å²) in [7, 11) is 0. The molecular formula is C23H16N2O6. The first kappa shape index (κ1) is 21.2. The lowest BCUT2D eigenvalue weighted by molar-refractivity contribution is -0.384. The molecule has 31 heavy (non-hydrogen) atoms. The summed E-state index contributed by atoms with van der Waals surface area (Å²) in [6.45, 7) is -0.279. The first-order chi connectivity index (χ1) is 15.0. The molecule has 3 aromatic rings. The molecule has 0 aromatic heterocycles. The van der Waals surface area contributed by atoms with Crippen LogP contribution in [0.1, 0.15) is 26.3 Å². The first-order valence-corrected chi connectivity index (χ1v) is 9.04. The average molecular weight is 416 g/mol. The van der Waals surface area contributed by atoms with Gasteiger partial charge < -0.3 is 15.2 Å². The first-order valence-electron chi connectivity index (χ1n) is 9.04. The molecular weight excluding hydrogens is 400 g/mol. The van der Waals surface area contributed by atoms with Gasteiger partial charge in [-0.05, 0) is 48.5 Å². The van der Waals surface area contributed by atoms with E-state index >= 15 is 0 Å². The second-order valence-electron chi connectivity index (χ2n) is 6.22. The molecule has 8 heteroatoms. The van der Waals surface area contributed by atoms with Crippen molar-refractivity contribution in [3.05, 3.63) is 99.6 Å². The van der Waals surface area contributed by atoms with Gasteiger partial charge in [-0.2, -0.15) is 0 Å². The Labute approximate surface area is 177 Å². The van der Waals surface area contributed by atoms with Crippen LogP contribution in [0.4, 0.5) is 11.4 Å². The van der Waals surface area contributed by atoms with E-state index in [2.05, 4.69) is 17.2 Å². The Morgan fingerprint density at radius 3 is 2.42 bits per heavy atom. The Bertz CT molecular complexity index is 1190. The summed E-state index contributed by atoms with van der Waals surface area (Å²) in [6.07, 6.45) is 0. The van der Waals surface area contributed by atoms with Crippen molar-refractivity contribution in [3.8, 4) is 17.6 Å². The number of hydrogen-bond donors (Lipinski definition) is 2. The minimum atomic E-state index is -0.582. The van der Waals surface area contributed by atoms with Gasteiger partial charge in [0.05, 0.1) is 10.5 Å². The van der Waals surface area contributed by atoms with E-state index in [0.29, 0.717) is 16.8 Å². The molecule has 0 fully saturated rings. The Hall–Kier alpha value is -4.48. The summed E-state index contributed by atoms with van der Waals surface area (Å²) in [5.74, 6) is 4.41. The van der Waals surface area contributed by atoms with E-state index in [0.717, 1.165) is 0 Å². The van der Waals surface area contributed by atoms with E-state index in [9.17, 15) is 19.7 Å². The molecule has 2 N–H and O–H groups in total. The summed E-state index contributed by atoms with van der Waals surface area (Å²) in [5, 5.41) is 22.2. The largest absolute Gasteiger partial charge is 0.423 e. The summed E-state index contributed by atoms with van der Waals surface area (Å²) in [5.41, 5.74) is 1.27. The highest BCUT2D eigenvalue weighted by Gasteiger charge is 2.12. The predicted octanol–water partition coefficient (Wildman–Crippen LogP) is 3.41. The second kappa shape index (κ2) is 9.82. The molecule has 0 aliphatic carbocycles. The Balaban J connectivity index is 1.65. The number of ether oxygens (including phenoxy) is 1. The molecule has 0 saturated carbocycles. The van der Waals surface area contributed by atoms with Gasteiger partial charge >= 0.3 is 5.97 Å². The number of non-ortho nitro benzene ring substituents is 1. The molecule has 0 spiro atoms. The van der Waals surface area contributed by atoms with Crippen molar-refractivity contribution in [2.24, 2.45) is 0 Å². The molecule has 0 radical (unpaired) electrons. The Morgan fingerprint density at radius 1 is 1.00 bits per heavy atom. The van der Waals surface area contributed by atoms with Crippen LogP contribution in [0, 0.1) is 22.0 Å². The number of carbonyl (C=O) groups excluding carboxylic acids is 2. The number of carbonyl (C=O) groups is 2. The molecule has 0 aliphatic rings. The number of hydrogen-bond acceptors (Lipinski definition) is 6. The number of nitrogens with one attached hydrogen (secondary N) is 1. The zero-order valence-electron chi connectivity index (χ0n) is 16.1. The topological polar surface area (TPSA) is 119 Å². The van der Waals surface area contributed by atoms with Crippen molar-refractivity contribution >= 4 is 23.3 Å². The van der Waals surface area contributed by atoms with Gasteiger partial charge in [0.15, 0.2) is 0 Å². The molecule has 0 bridgehead atoms. The lowest BCUT2D eigenvalue weighted by atomic mass is 10.1. The summed E-state index contributed by atoms with van der Waals surface area (Å²) in [6, 6.07) is 18.0. The van der Waals surface area contributed by atoms with Crippen LogP contribution >= 0.6 is 0 Å². The highest BCUT2D eigenvalue weighted by atomic mass is 16.6. The van der Waals surface area contributed by atoms with Crippen molar-refractivity contribution in [2.45, 2.75) is 0 Å². The minimum absolute atomic E-state index is 0.147. The maximum Gasteiger partial charge on any atom is 0.343 e. The third kappa shape index (κ3) is 5.76. The maximum absolute atomic E-state index is 12.3. The fourth-order valence-electron chi connectivity index (χ4n) is 2.60. The van der Waals surface area contributed by atoms with Crippen LogP contribution in [-0.4, -0.2) is 28.5 Å². The number of benzene rings is 3. The number of nitro groups is 1. The van der Waals surface area contributed by atoms with Crippen molar-refractivity contribution in [3.63, 3.8) is 0 Å². The van der Waals surface area contributed by atoms with Gasteiger partial charge in [0.1, 0.15) is 12.4 Å². The van der Waals surface area contributed by atoms with Crippen molar-refractivity contribution < 1.29 is 24.4 Å². The van der Waals surface area contributed by atoms with Crippen molar-refractivity contribution in [1.82, 2.24) is 0 Å². The monoisotopic (exact) mass is 416 g/mol. The average Bonchev–Trinajstić information content (AvgIpc) is 2.79. The van der Waals surface area contributed by atoms with Gasteiger partial charge in [-0.3, -0.25) is 14.9 Å². The molecule has 3 rings (SSSR count). The lowest BCUT2D eigenvalue weighted by Crippen LogP contribution is -2.12. The maximum atomic E-state index is 12.3. The fourth-order valence-corrected chi connectivity index (χ4v) is 2.60. The third-order valence-corrected chi connectivity index (χ3v) is 4.05. The number of aliphatic hydroxyl groups excluding tert-OH is 1. The normalized spacial score (nSPS) is 9.84. The minimum Gasteiger partial charge on any atom is -0.423 e. The van der Waals surface area contributed by atoms with Crippen LogP contribution in [0.25, 0.3) is 0 Å². The molecule has 0 saturated heterocycles. The van der Waals surface area contributed by atoms with Crippen LogP contribution in [0.5, 0.6) is 5.75 Å². The highest BCUT2D eigenvalue weighted by molar-refractivity contribution is 6.04. The number of rotatable bonds is 5. The number of anilines is 1. The smallest absolute Gasteiger partial charge is 0.343 e. The molecule has 0 heterocycles. The molecule has 3 aromatic carbocycles. The molecule has 0 aliphatic heterocycles. The predicted molar refractivity (Wildman–Crippen MR) is 113 cm³/mol. The van der Waals surface area contributed by atoms with Crippen LogP contribution in [0.3, 0.4) is 0 Å². The molecule has 154 valence electrons. The third-order valence-electron chi connectivity index (χ3n) is 4.05. The lowest BCUT2D eigenvalue weighted by Gasteiger charge is -2.08. The van der Waals surface area contributed by atoms with Gasteiger partial charge in [0.25, 0.3) is 11.6 Å². The summed E-state index contributed by atoms with van der Waals surface area (Å²) in [4.78, 5) is 34.9. The van der Waals surface area contributed by atoms with E-state index < -0.39 is 16.8 Å². The standard InChI is InChI=1S/C23H16N2O6/c26-13-3-5-16-4-1-7-18(14-16)23(28)31-21-11-9-19(10-12-21)24-22(27)17-6-2-8-20(15-17)25(29)30/h1-2,4,6-12,14-15,26H,13H2,(H,24,27). The van der Waals surface area contributed by atoms with Crippen LogP contribution in [0.2, 0.25) is 0 Å². The SMILES string of the molecule is O=C(Nc1ccc(OC(=O)c2cccc(C#CCO)c2)cc1)c1cccc([N+](=O)[O-])c1. The number of esters is 1. The van der Waals surface area contributed by atoms with Crippen LogP contribution < -0.4 is 10.1 Å². The molecule has 0 unspecified atom stereocenters. The quantitative estimate of drug-likeness (QED) is 0.216. The van der Waals surface area contributed by atoms with Crippen LogP contribution in [-0.2, 0) is 0 Å². The van der Waals surface area contributed by atoms with E-state index in [4.69, 9.17) is 9.84 Å². The highest BCUT2D eigenvalue weighted by Crippen LogP contribution is 2.19. The fraction of sp³-hybridized carbons (Fsp3) is 0.0435. The molecule has 0 atom stereocenters. The Kier molecular flexibility index (Phi) is 6.73.